The summed E-state index contributed by atoms with van der Waals surface area (Å²) in [6.07, 6.45) is 0. The Morgan fingerprint density at radius 1 is 1.10 bits per heavy atom. The Morgan fingerprint density at radius 3 is 2.43 bits per heavy atom. The van der Waals surface area contributed by atoms with Gasteiger partial charge in [-0.3, -0.25) is 4.79 Å². The van der Waals surface area contributed by atoms with Crippen molar-refractivity contribution >= 4 is 17.3 Å². The summed E-state index contributed by atoms with van der Waals surface area (Å²) in [5.41, 5.74) is 3.79. The smallest absolute Gasteiger partial charge is 0.259 e. The van der Waals surface area contributed by atoms with Crippen LogP contribution in [0.5, 0.6) is 5.75 Å². The first-order valence-corrected chi connectivity index (χ1v) is 6.86. The summed E-state index contributed by atoms with van der Waals surface area (Å²) >= 11 is 0. The van der Waals surface area contributed by atoms with E-state index in [0.29, 0.717) is 6.54 Å². The third-order valence-electron chi connectivity index (χ3n) is 3.80. The van der Waals surface area contributed by atoms with Crippen LogP contribution < -0.4 is 14.5 Å². The lowest BCUT2D eigenvalue weighted by Crippen LogP contribution is -2.22. The molecular weight excluding hydrogens is 264 g/mol. The Balaban J connectivity index is 1.92. The van der Waals surface area contributed by atoms with Gasteiger partial charge in [0, 0.05) is 31.0 Å². The number of amides is 1. The van der Waals surface area contributed by atoms with Gasteiger partial charge in [0.05, 0.1) is 13.7 Å². The van der Waals surface area contributed by atoms with Gasteiger partial charge in [-0.25, -0.2) is 0 Å². The second-order valence-corrected chi connectivity index (χ2v) is 5.33. The van der Waals surface area contributed by atoms with Crippen LogP contribution in [-0.2, 0) is 6.54 Å². The van der Waals surface area contributed by atoms with Gasteiger partial charge in [-0.2, -0.15) is 0 Å². The molecule has 3 rings (SSSR count). The van der Waals surface area contributed by atoms with E-state index < -0.39 is 0 Å². The Labute approximate surface area is 124 Å². The summed E-state index contributed by atoms with van der Waals surface area (Å²) in [5.74, 6) is 0.844. The Morgan fingerprint density at radius 2 is 1.81 bits per heavy atom. The maximum atomic E-state index is 12.6. The summed E-state index contributed by atoms with van der Waals surface area (Å²) in [6.45, 7) is 0.619. The molecular formula is C17H18N2O2. The van der Waals surface area contributed by atoms with E-state index in [1.165, 1.54) is 0 Å². The minimum absolute atomic E-state index is 0.0545. The number of methoxy groups -OCH3 is 1. The molecule has 0 radical (unpaired) electrons. The van der Waals surface area contributed by atoms with Gasteiger partial charge in [0.25, 0.3) is 5.91 Å². The molecule has 1 heterocycles. The van der Waals surface area contributed by atoms with Crippen molar-refractivity contribution in [3.63, 3.8) is 0 Å². The maximum absolute atomic E-state index is 12.6. The van der Waals surface area contributed by atoms with E-state index in [-0.39, 0.29) is 5.91 Å². The standard InChI is InChI=1S/C17H18N2O2/c1-18(2)14-5-4-12-11-19(17(20)16(12)10-14)13-6-8-15(21-3)9-7-13/h4-10H,11H2,1-3H3. The van der Waals surface area contributed by atoms with E-state index in [1.807, 2.05) is 61.5 Å². The number of hydrogen-bond donors (Lipinski definition) is 0. The Bertz CT molecular complexity index is 678. The summed E-state index contributed by atoms with van der Waals surface area (Å²) in [7, 11) is 5.58. The second-order valence-electron chi connectivity index (χ2n) is 5.33. The molecule has 1 aliphatic heterocycles. The summed E-state index contributed by atoms with van der Waals surface area (Å²) < 4.78 is 5.15. The van der Waals surface area contributed by atoms with Gasteiger partial charge in [-0.05, 0) is 42.0 Å². The van der Waals surface area contributed by atoms with Gasteiger partial charge in [0.2, 0.25) is 0 Å². The van der Waals surface area contributed by atoms with Crippen molar-refractivity contribution in [1.29, 1.82) is 0 Å². The number of carbonyl (C=O) groups is 1. The number of ether oxygens (including phenoxy) is 1. The third kappa shape index (κ3) is 2.33. The van der Waals surface area contributed by atoms with Crippen LogP contribution in [0.3, 0.4) is 0 Å². The maximum Gasteiger partial charge on any atom is 0.259 e. The number of rotatable bonds is 3. The molecule has 0 bridgehead atoms. The zero-order valence-electron chi connectivity index (χ0n) is 12.5. The third-order valence-corrected chi connectivity index (χ3v) is 3.80. The molecule has 1 aliphatic rings. The van der Waals surface area contributed by atoms with E-state index in [4.69, 9.17) is 4.74 Å². The van der Waals surface area contributed by atoms with Gasteiger partial charge in [0.15, 0.2) is 0 Å². The molecule has 4 nitrogen and oxygen atoms in total. The summed E-state index contributed by atoms with van der Waals surface area (Å²) in [6, 6.07) is 13.6. The van der Waals surface area contributed by atoms with Gasteiger partial charge in [0.1, 0.15) is 5.75 Å². The zero-order chi connectivity index (χ0) is 15.0. The number of benzene rings is 2. The highest BCUT2D eigenvalue weighted by atomic mass is 16.5. The predicted octanol–water partition coefficient (Wildman–Crippen LogP) is 2.92. The van der Waals surface area contributed by atoms with Gasteiger partial charge < -0.3 is 14.5 Å². The van der Waals surface area contributed by atoms with Crippen LogP contribution in [-0.4, -0.2) is 27.1 Å². The fraction of sp³-hybridized carbons (Fsp3) is 0.235. The van der Waals surface area contributed by atoms with Crippen LogP contribution in [0, 0.1) is 0 Å². The highest BCUT2D eigenvalue weighted by Gasteiger charge is 2.28. The fourth-order valence-electron chi connectivity index (χ4n) is 2.54. The second kappa shape index (κ2) is 5.13. The molecule has 0 aromatic heterocycles. The molecule has 0 atom stereocenters. The van der Waals surface area contributed by atoms with Crippen molar-refractivity contribution in [2.24, 2.45) is 0 Å². The first-order valence-electron chi connectivity index (χ1n) is 6.86. The van der Waals surface area contributed by atoms with E-state index in [2.05, 4.69) is 0 Å². The molecule has 0 saturated carbocycles. The number of hydrogen-bond acceptors (Lipinski definition) is 3. The van der Waals surface area contributed by atoms with Gasteiger partial charge in [-0.15, -0.1) is 0 Å². The normalized spacial score (nSPS) is 13.3. The van der Waals surface area contributed by atoms with E-state index in [1.54, 1.807) is 12.0 Å². The zero-order valence-corrected chi connectivity index (χ0v) is 12.5. The molecule has 2 aromatic rings. The summed E-state index contributed by atoms with van der Waals surface area (Å²) in [4.78, 5) is 16.4. The molecule has 0 fully saturated rings. The minimum Gasteiger partial charge on any atom is -0.497 e. The molecule has 2 aromatic carbocycles. The average molecular weight is 282 g/mol. The van der Waals surface area contributed by atoms with Crippen molar-refractivity contribution in [3.8, 4) is 5.75 Å². The Hall–Kier alpha value is -2.49. The van der Waals surface area contributed by atoms with Crippen LogP contribution in [0.1, 0.15) is 15.9 Å². The number of fused-ring (bicyclic) bond motifs is 1. The van der Waals surface area contributed by atoms with E-state index in [9.17, 15) is 4.79 Å². The topological polar surface area (TPSA) is 32.8 Å². The predicted molar refractivity (Wildman–Crippen MR) is 84.3 cm³/mol. The molecule has 1 amide bonds. The minimum atomic E-state index is 0.0545. The number of carbonyl (C=O) groups excluding carboxylic acids is 1. The monoisotopic (exact) mass is 282 g/mol. The fourth-order valence-corrected chi connectivity index (χ4v) is 2.54. The van der Waals surface area contributed by atoms with Crippen molar-refractivity contribution in [2.75, 3.05) is 31.0 Å². The highest BCUT2D eigenvalue weighted by molar-refractivity contribution is 6.10. The molecule has 0 aliphatic carbocycles. The number of anilines is 2. The molecule has 21 heavy (non-hydrogen) atoms. The van der Waals surface area contributed by atoms with Crippen LogP contribution in [0.25, 0.3) is 0 Å². The Kier molecular flexibility index (Phi) is 3.29. The SMILES string of the molecule is COc1ccc(N2Cc3ccc(N(C)C)cc3C2=O)cc1. The van der Waals surface area contributed by atoms with Gasteiger partial charge >= 0.3 is 0 Å². The molecule has 0 unspecified atom stereocenters. The van der Waals surface area contributed by atoms with Crippen molar-refractivity contribution in [3.05, 3.63) is 53.6 Å². The molecule has 0 saturated heterocycles. The van der Waals surface area contributed by atoms with E-state index in [0.717, 1.165) is 28.3 Å². The largest absolute Gasteiger partial charge is 0.497 e. The highest BCUT2D eigenvalue weighted by Crippen LogP contribution is 2.31. The van der Waals surface area contributed by atoms with Crippen LogP contribution in [0.15, 0.2) is 42.5 Å². The lowest BCUT2D eigenvalue weighted by Gasteiger charge is -2.16. The molecule has 108 valence electrons. The molecule has 0 N–H and O–H groups in total. The summed E-state index contributed by atoms with van der Waals surface area (Å²) in [5, 5.41) is 0. The number of nitrogens with zero attached hydrogens (tertiary/aromatic N) is 2. The lowest BCUT2D eigenvalue weighted by atomic mass is 10.1. The molecule has 4 heteroatoms. The van der Waals surface area contributed by atoms with Gasteiger partial charge in [-0.1, -0.05) is 6.07 Å². The first-order chi connectivity index (χ1) is 10.1. The van der Waals surface area contributed by atoms with Crippen LogP contribution >= 0.6 is 0 Å². The average Bonchev–Trinajstić information content (AvgIpc) is 2.84. The van der Waals surface area contributed by atoms with Crippen LogP contribution in [0.2, 0.25) is 0 Å². The first kappa shape index (κ1) is 13.5. The molecule has 0 spiro atoms. The van der Waals surface area contributed by atoms with Crippen molar-refractivity contribution in [1.82, 2.24) is 0 Å². The van der Waals surface area contributed by atoms with Crippen LogP contribution in [0.4, 0.5) is 11.4 Å². The van der Waals surface area contributed by atoms with Crippen molar-refractivity contribution < 1.29 is 9.53 Å². The van der Waals surface area contributed by atoms with E-state index >= 15 is 0 Å². The lowest BCUT2D eigenvalue weighted by molar-refractivity contribution is 0.0996. The quantitative estimate of drug-likeness (QED) is 0.867. The van der Waals surface area contributed by atoms with Crippen molar-refractivity contribution in [2.45, 2.75) is 6.54 Å².